The highest BCUT2D eigenvalue weighted by Crippen LogP contribution is 2.30. The van der Waals surface area contributed by atoms with E-state index in [1.807, 2.05) is 46.7 Å². The summed E-state index contributed by atoms with van der Waals surface area (Å²) in [5.74, 6) is -1.36. The Morgan fingerprint density at radius 3 is 2.13 bits per heavy atom. The van der Waals surface area contributed by atoms with Gasteiger partial charge in [0.1, 0.15) is 0 Å². The maximum Gasteiger partial charge on any atom is 0.272 e. The van der Waals surface area contributed by atoms with Gasteiger partial charge in [-0.3, -0.25) is 34.2 Å². The van der Waals surface area contributed by atoms with Crippen molar-refractivity contribution in [3.63, 3.8) is 0 Å². The van der Waals surface area contributed by atoms with Gasteiger partial charge in [-0.25, -0.2) is 0 Å². The van der Waals surface area contributed by atoms with Crippen molar-refractivity contribution in [2.75, 3.05) is 62.0 Å². The predicted molar refractivity (Wildman–Crippen MR) is 212 cm³/mol. The molecule has 1 saturated heterocycles. The Morgan fingerprint density at radius 1 is 1.00 bits per heavy atom. The molecule has 7 atom stereocenters. The van der Waals surface area contributed by atoms with Gasteiger partial charge in [-0.2, -0.15) is 0 Å². The number of nitrogens with one attached hydrogen (secondary N) is 1. The van der Waals surface area contributed by atoms with E-state index in [1.54, 1.807) is 61.0 Å². The molecule has 0 aromatic heterocycles. The average molecular weight is 763 g/mol. The van der Waals surface area contributed by atoms with E-state index in [1.165, 1.54) is 19.6 Å². The lowest BCUT2D eigenvalue weighted by molar-refractivity contribution is -0.385. The van der Waals surface area contributed by atoms with Crippen LogP contribution in [0.4, 0.5) is 5.69 Å². The first kappa shape index (κ1) is 48.4. The van der Waals surface area contributed by atoms with Crippen molar-refractivity contribution in [2.45, 2.75) is 117 Å². The molecule has 0 aliphatic carbocycles. The van der Waals surface area contributed by atoms with Gasteiger partial charge >= 0.3 is 0 Å². The van der Waals surface area contributed by atoms with Gasteiger partial charge in [-0.05, 0) is 45.2 Å². The zero-order valence-corrected chi connectivity index (χ0v) is 35.3. The molecule has 1 aliphatic heterocycles. The maximum atomic E-state index is 14.0. The molecule has 54 heavy (non-hydrogen) atoms. The van der Waals surface area contributed by atoms with E-state index in [4.69, 9.17) is 9.47 Å². The average Bonchev–Trinajstić information content (AvgIpc) is 3.62. The zero-order valence-electron chi connectivity index (χ0n) is 35.3. The minimum Gasteiger partial charge on any atom is -0.379 e. The van der Waals surface area contributed by atoms with Crippen molar-refractivity contribution in [3.05, 3.63) is 39.9 Å². The summed E-state index contributed by atoms with van der Waals surface area (Å²) < 4.78 is 11.8. The van der Waals surface area contributed by atoms with Gasteiger partial charge in [0.25, 0.3) is 5.69 Å². The SMILES string of the molecule is CCC.CCC(C)C(C(CC(=O)N1CCCC1C(OC)C(C)C(=O)N(C)CCc1ccccc1[N+](=O)[O-])OC)N(C)C(=O)CNC(=O)C(C(C)C)N(C)C. The number of methoxy groups -OCH3 is 2. The molecule has 0 saturated carbocycles. The van der Waals surface area contributed by atoms with Gasteiger partial charge < -0.3 is 29.5 Å². The number of amides is 4. The molecular formula is C40H70N6O8. The van der Waals surface area contributed by atoms with Crippen LogP contribution >= 0.6 is 0 Å². The summed E-state index contributed by atoms with van der Waals surface area (Å²) in [7, 11) is 10.1. The molecule has 0 bridgehead atoms. The molecule has 14 heteroatoms. The number of carbonyl (C=O) groups excluding carboxylic acids is 4. The Hall–Kier alpha value is -3.62. The molecule has 4 amide bonds. The molecule has 0 radical (unpaired) electrons. The van der Waals surface area contributed by atoms with E-state index < -0.39 is 29.1 Å². The molecular weight excluding hydrogens is 692 g/mol. The molecule has 7 unspecified atom stereocenters. The molecule has 1 aliphatic rings. The van der Waals surface area contributed by atoms with Crippen molar-refractivity contribution < 1.29 is 33.6 Å². The van der Waals surface area contributed by atoms with Crippen molar-refractivity contribution in [2.24, 2.45) is 17.8 Å². The van der Waals surface area contributed by atoms with Gasteiger partial charge in [0, 0.05) is 53.0 Å². The Balaban J connectivity index is 0.00000469. The highest BCUT2D eigenvalue weighted by molar-refractivity contribution is 5.87. The summed E-state index contributed by atoms with van der Waals surface area (Å²) in [6.45, 7) is 14.6. The van der Waals surface area contributed by atoms with Crippen LogP contribution in [-0.2, 0) is 35.1 Å². The van der Waals surface area contributed by atoms with Gasteiger partial charge in [-0.1, -0.05) is 79.5 Å². The number of ether oxygens (including phenoxy) is 2. The van der Waals surface area contributed by atoms with Crippen LogP contribution in [-0.4, -0.2) is 141 Å². The second kappa shape index (κ2) is 24.0. The molecule has 2 rings (SSSR count). The highest BCUT2D eigenvalue weighted by Gasteiger charge is 2.42. The van der Waals surface area contributed by atoms with Crippen LogP contribution in [0.15, 0.2) is 24.3 Å². The summed E-state index contributed by atoms with van der Waals surface area (Å²) in [6.07, 6.45) is 2.56. The normalized spacial score (nSPS) is 17.5. The zero-order chi connectivity index (χ0) is 41.3. The number of nitro benzene ring substituents is 1. The van der Waals surface area contributed by atoms with Gasteiger partial charge in [0.05, 0.1) is 54.1 Å². The summed E-state index contributed by atoms with van der Waals surface area (Å²) in [5.41, 5.74) is 0.573. The number of likely N-dealkylation sites (tertiary alicyclic amines) is 1. The number of hydrogen-bond donors (Lipinski definition) is 1. The largest absolute Gasteiger partial charge is 0.379 e. The number of benzene rings is 1. The number of nitro groups is 1. The Kier molecular flexibility index (Phi) is 21.5. The van der Waals surface area contributed by atoms with Crippen LogP contribution in [0.1, 0.15) is 86.1 Å². The summed E-state index contributed by atoms with van der Waals surface area (Å²) in [6, 6.07) is 5.35. The molecule has 308 valence electrons. The fourth-order valence-corrected chi connectivity index (χ4v) is 7.49. The van der Waals surface area contributed by atoms with Crippen LogP contribution in [0.25, 0.3) is 0 Å². The first-order valence-electron chi connectivity index (χ1n) is 19.5. The van der Waals surface area contributed by atoms with E-state index in [0.717, 1.165) is 12.8 Å². The minimum absolute atomic E-state index is 0.0100. The Labute approximate surface area is 324 Å². The fourth-order valence-electron chi connectivity index (χ4n) is 7.49. The molecule has 0 spiro atoms. The highest BCUT2D eigenvalue weighted by atomic mass is 16.6. The third-order valence-electron chi connectivity index (χ3n) is 10.4. The van der Waals surface area contributed by atoms with E-state index in [-0.39, 0.29) is 72.7 Å². The lowest BCUT2D eigenvalue weighted by Crippen LogP contribution is -2.55. The number of para-hydroxylation sites is 1. The summed E-state index contributed by atoms with van der Waals surface area (Å²) in [4.78, 5) is 71.8. The summed E-state index contributed by atoms with van der Waals surface area (Å²) in [5, 5.41) is 14.2. The minimum atomic E-state index is -0.614. The van der Waals surface area contributed by atoms with Crippen LogP contribution in [0.5, 0.6) is 0 Å². The Morgan fingerprint density at radius 2 is 1.61 bits per heavy atom. The summed E-state index contributed by atoms with van der Waals surface area (Å²) >= 11 is 0. The number of nitrogens with zero attached hydrogens (tertiary/aromatic N) is 5. The van der Waals surface area contributed by atoms with Crippen LogP contribution in [0.3, 0.4) is 0 Å². The van der Waals surface area contributed by atoms with E-state index >= 15 is 0 Å². The predicted octanol–water partition coefficient (Wildman–Crippen LogP) is 4.63. The number of likely N-dealkylation sites (N-methyl/N-ethyl adjacent to an activating group) is 3. The topological polar surface area (TPSA) is 155 Å². The van der Waals surface area contributed by atoms with Crippen molar-refractivity contribution in [3.8, 4) is 0 Å². The molecule has 1 fully saturated rings. The molecule has 1 aromatic carbocycles. The lowest BCUT2D eigenvalue weighted by atomic mass is 9.90. The molecule has 14 nitrogen and oxygen atoms in total. The van der Waals surface area contributed by atoms with Crippen LogP contribution in [0.2, 0.25) is 0 Å². The molecule has 1 aromatic rings. The molecule has 1 N–H and O–H groups in total. The van der Waals surface area contributed by atoms with Gasteiger partial charge in [0.15, 0.2) is 0 Å². The first-order chi connectivity index (χ1) is 25.4. The second-order valence-electron chi connectivity index (χ2n) is 15.1. The molecule has 1 heterocycles. The van der Waals surface area contributed by atoms with Crippen LogP contribution in [0, 0.1) is 27.9 Å². The fraction of sp³-hybridized carbons (Fsp3) is 0.750. The van der Waals surface area contributed by atoms with Crippen molar-refractivity contribution in [1.82, 2.24) is 24.9 Å². The van der Waals surface area contributed by atoms with E-state index in [2.05, 4.69) is 19.2 Å². The van der Waals surface area contributed by atoms with Gasteiger partial charge in [-0.15, -0.1) is 0 Å². The number of carbonyl (C=O) groups is 4. The number of hydrogen-bond acceptors (Lipinski definition) is 9. The van der Waals surface area contributed by atoms with Crippen LogP contribution < -0.4 is 5.32 Å². The smallest absolute Gasteiger partial charge is 0.272 e. The first-order valence-corrected chi connectivity index (χ1v) is 19.5. The number of rotatable bonds is 20. The maximum absolute atomic E-state index is 14.0. The van der Waals surface area contributed by atoms with E-state index in [9.17, 15) is 29.3 Å². The third-order valence-corrected chi connectivity index (χ3v) is 10.4. The standard InChI is InChI=1S/C37H62N6O8.C3H8/c1-12-25(4)34(41(9)32(45)23-38-36(46)33(24(2)3)39(6)7)30(50-10)22-31(44)42-20-15-18-29(42)35(51-11)26(5)37(47)40(8)21-19-27-16-13-14-17-28(27)43(48)49;1-3-2/h13-14,16-17,24-26,29-30,33-35H,12,15,18-23H2,1-11H3,(H,38,46);3H2,1-2H3. The monoisotopic (exact) mass is 763 g/mol. The third kappa shape index (κ3) is 13.6. The lowest BCUT2D eigenvalue weighted by Gasteiger charge is -2.39. The van der Waals surface area contributed by atoms with Crippen molar-refractivity contribution in [1.29, 1.82) is 0 Å². The van der Waals surface area contributed by atoms with E-state index in [0.29, 0.717) is 24.9 Å². The Bertz CT molecular complexity index is 1330. The second-order valence-corrected chi connectivity index (χ2v) is 15.1. The quantitative estimate of drug-likeness (QED) is 0.148. The van der Waals surface area contributed by atoms with Gasteiger partial charge in [0.2, 0.25) is 23.6 Å². The van der Waals surface area contributed by atoms with Crippen molar-refractivity contribution >= 4 is 29.3 Å².